The molecule has 5 unspecified atom stereocenters. The van der Waals surface area contributed by atoms with E-state index in [1.165, 1.54) is 13.8 Å². The molecular weight excluding hydrogens is 374 g/mol. The number of hydrogen-bond donors (Lipinski definition) is 8. The van der Waals surface area contributed by atoms with E-state index in [1.54, 1.807) is 0 Å². The fraction of sp³-hybridized carbons (Fsp3) is 0.750. The highest BCUT2D eigenvalue weighted by molar-refractivity contribution is 5.92. The molecule has 0 aliphatic heterocycles. The molecule has 10 N–H and O–H groups in total. The monoisotopic (exact) mass is 405 g/mol. The molecule has 0 aromatic heterocycles. The van der Waals surface area contributed by atoms with E-state index in [0.29, 0.717) is 19.4 Å². The summed E-state index contributed by atoms with van der Waals surface area (Å²) in [7, 11) is 0. The lowest BCUT2D eigenvalue weighted by Crippen LogP contribution is -2.57. The number of amides is 3. The summed E-state index contributed by atoms with van der Waals surface area (Å²) in [6.07, 6.45) is -1.23. The first kappa shape index (κ1) is 25.7. The lowest BCUT2D eigenvalue weighted by molar-refractivity contribution is -0.143. The minimum Gasteiger partial charge on any atom is -0.480 e. The summed E-state index contributed by atoms with van der Waals surface area (Å²) in [4.78, 5) is 47.1. The number of nitrogens with one attached hydrogen (secondary N) is 3. The van der Waals surface area contributed by atoms with Crippen molar-refractivity contribution in [3.63, 3.8) is 0 Å². The van der Waals surface area contributed by atoms with E-state index in [1.807, 2.05) is 0 Å². The first-order valence-electron chi connectivity index (χ1n) is 8.93. The van der Waals surface area contributed by atoms with Crippen molar-refractivity contribution in [3.8, 4) is 0 Å². The minimum absolute atomic E-state index is 0.145. The van der Waals surface area contributed by atoms with Gasteiger partial charge in [0, 0.05) is 0 Å². The Kier molecular flexibility index (Phi) is 11.9. The largest absolute Gasteiger partial charge is 0.480 e. The van der Waals surface area contributed by atoms with Gasteiger partial charge in [-0.1, -0.05) is 0 Å². The smallest absolute Gasteiger partial charge is 0.326 e. The van der Waals surface area contributed by atoms with Crippen molar-refractivity contribution in [2.45, 2.75) is 63.4 Å². The van der Waals surface area contributed by atoms with Gasteiger partial charge in [-0.3, -0.25) is 14.4 Å². The summed E-state index contributed by atoms with van der Waals surface area (Å²) >= 11 is 0. The zero-order valence-corrected chi connectivity index (χ0v) is 16.1. The molecule has 12 heteroatoms. The van der Waals surface area contributed by atoms with Gasteiger partial charge in [0.15, 0.2) is 0 Å². The molecule has 0 saturated carbocycles. The van der Waals surface area contributed by atoms with E-state index in [4.69, 9.17) is 11.5 Å². The van der Waals surface area contributed by atoms with Gasteiger partial charge in [-0.15, -0.1) is 0 Å². The van der Waals surface area contributed by atoms with Gasteiger partial charge in [0.05, 0.1) is 18.8 Å². The number of aliphatic hydroxyl groups excluding tert-OH is 2. The molecule has 0 saturated heterocycles. The van der Waals surface area contributed by atoms with Crippen LogP contribution in [0.5, 0.6) is 0 Å². The van der Waals surface area contributed by atoms with E-state index >= 15 is 0 Å². The minimum atomic E-state index is -1.42. The SMILES string of the molecule is CC(O)C(N)C(=O)NCC(=O)NC(C(=O)NC(CCCCN)C(=O)O)C(C)O. The number of carbonyl (C=O) groups excluding carboxylic acids is 3. The van der Waals surface area contributed by atoms with E-state index in [-0.39, 0.29) is 6.42 Å². The fourth-order valence-electron chi connectivity index (χ4n) is 2.15. The van der Waals surface area contributed by atoms with E-state index < -0.39 is 60.6 Å². The summed E-state index contributed by atoms with van der Waals surface area (Å²) in [6, 6.07) is -3.85. The third-order valence-corrected chi connectivity index (χ3v) is 3.89. The van der Waals surface area contributed by atoms with E-state index in [0.717, 1.165) is 0 Å². The number of unbranched alkanes of at least 4 members (excludes halogenated alkanes) is 1. The van der Waals surface area contributed by atoms with Crippen molar-refractivity contribution < 1.29 is 34.5 Å². The Labute approximate surface area is 163 Å². The van der Waals surface area contributed by atoms with Crippen LogP contribution in [-0.2, 0) is 19.2 Å². The van der Waals surface area contributed by atoms with Crippen LogP contribution in [0, 0.1) is 0 Å². The maximum absolute atomic E-state index is 12.3. The highest BCUT2D eigenvalue weighted by atomic mass is 16.4. The third kappa shape index (κ3) is 9.60. The standard InChI is InChI=1S/C16H31N5O7/c1-8(22)12(18)14(25)19-7-11(24)21-13(9(2)23)15(26)20-10(16(27)28)5-3-4-6-17/h8-10,12-13,22-23H,3-7,17-18H2,1-2H3,(H,19,25)(H,20,26)(H,21,24)(H,27,28). The summed E-state index contributed by atoms with van der Waals surface area (Å²) < 4.78 is 0. The zero-order chi connectivity index (χ0) is 21.9. The summed E-state index contributed by atoms with van der Waals surface area (Å²) in [6.45, 7) is 2.40. The Bertz CT molecular complexity index is 541. The number of carbonyl (C=O) groups is 4. The van der Waals surface area contributed by atoms with Crippen LogP contribution in [0.4, 0.5) is 0 Å². The quantitative estimate of drug-likeness (QED) is 0.142. The second-order valence-corrected chi connectivity index (χ2v) is 6.45. The van der Waals surface area contributed by atoms with Crippen molar-refractivity contribution in [3.05, 3.63) is 0 Å². The number of carboxylic acids is 1. The number of rotatable bonds is 13. The Balaban J connectivity index is 4.78. The van der Waals surface area contributed by atoms with E-state index in [9.17, 15) is 34.5 Å². The molecule has 0 fully saturated rings. The Morgan fingerprint density at radius 3 is 2.04 bits per heavy atom. The van der Waals surface area contributed by atoms with Gasteiger partial charge >= 0.3 is 5.97 Å². The van der Waals surface area contributed by atoms with Crippen molar-refractivity contribution >= 4 is 23.7 Å². The Morgan fingerprint density at radius 1 is 0.964 bits per heavy atom. The van der Waals surface area contributed by atoms with Crippen molar-refractivity contribution in [1.29, 1.82) is 0 Å². The molecule has 0 aromatic carbocycles. The van der Waals surface area contributed by atoms with Crippen LogP contribution >= 0.6 is 0 Å². The summed E-state index contributed by atoms with van der Waals surface area (Å²) in [5.74, 6) is -3.70. The average Bonchev–Trinajstić information content (AvgIpc) is 2.61. The van der Waals surface area contributed by atoms with Crippen LogP contribution in [0.3, 0.4) is 0 Å². The Hall–Kier alpha value is -2.28. The number of hydrogen-bond acceptors (Lipinski definition) is 8. The second-order valence-electron chi connectivity index (χ2n) is 6.45. The van der Waals surface area contributed by atoms with Crippen LogP contribution < -0.4 is 27.4 Å². The molecule has 0 aliphatic rings. The fourth-order valence-corrected chi connectivity index (χ4v) is 2.15. The molecule has 0 bridgehead atoms. The summed E-state index contributed by atoms with van der Waals surface area (Å²) in [5, 5.41) is 34.8. The van der Waals surface area contributed by atoms with Gasteiger partial charge in [0.1, 0.15) is 18.1 Å². The molecule has 12 nitrogen and oxygen atoms in total. The van der Waals surface area contributed by atoms with Gasteiger partial charge < -0.3 is 42.7 Å². The van der Waals surface area contributed by atoms with Crippen molar-refractivity contribution in [2.75, 3.05) is 13.1 Å². The maximum Gasteiger partial charge on any atom is 0.326 e. The molecule has 0 spiro atoms. The van der Waals surface area contributed by atoms with Crippen molar-refractivity contribution in [1.82, 2.24) is 16.0 Å². The molecule has 28 heavy (non-hydrogen) atoms. The van der Waals surface area contributed by atoms with Crippen LogP contribution in [0.25, 0.3) is 0 Å². The van der Waals surface area contributed by atoms with Crippen molar-refractivity contribution in [2.24, 2.45) is 11.5 Å². The van der Waals surface area contributed by atoms with Crippen LogP contribution in [0.15, 0.2) is 0 Å². The van der Waals surface area contributed by atoms with Gasteiger partial charge in [-0.2, -0.15) is 0 Å². The topological polar surface area (TPSA) is 217 Å². The molecule has 0 heterocycles. The second kappa shape index (κ2) is 13.0. The van der Waals surface area contributed by atoms with Crippen LogP contribution in [0.2, 0.25) is 0 Å². The first-order valence-corrected chi connectivity index (χ1v) is 8.93. The number of aliphatic carboxylic acids is 1. The number of carboxylic acid groups (broad SMARTS) is 1. The molecule has 0 rings (SSSR count). The molecular formula is C16H31N5O7. The Morgan fingerprint density at radius 2 is 1.57 bits per heavy atom. The molecule has 3 amide bonds. The molecule has 162 valence electrons. The number of aliphatic hydroxyl groups is 2. The lowest BCUT2D eigenvalue weighted by Gasteiger charge is -2.23. The van der Waals surface area contributed by atoms with Gasteiger partial charge in [0.25, 0.3) is 0 Å². The average molecular weight is 405 g/mol. The van der Waals surface area contributed by atoms with Gasteiger partial charge in [-0.05, 0) is 39.7 Å². The zero-order valence-electron chi connectivity index (χ0n) is 16.1. The van der Waals surface area contributed by atoms with Crippen LogP contribution in [-0.4, -0.2) is 82.4 Å². The van der Waals surface area contributed by atoms with Gasteiger partial charge in [-0.25, -0.2) is 4.79 Å². The third-order valence-electron chi connectivity index (χ3n) is 3.89. The molecule has 0 aliphatic carbocycles. The highest BCUT2D eigenvalue weighted by Crippen LogP contribution is 2.03. The number of nitrogens with two attached hydrogens (primary N) is 2. The first-order chi connectivity index (χ1) is 13.0. The van der Waals surface area contributed by atoms with Crippen LogP contribution in [0.1, 0.15) is 33.1 Å². The predicted octanol–water partition coefficient (Wildman–Crippen LogP) is -3.63. The maximum atomic E-state index is 12.3. The summed E-state index contributed by atoms with van der Waals surface area (Å²) in [5.41, 5.74) is 10.8. The van der Waals surface area contributed by atoms with E-state index in [2.05, 4.69) is 16.0 Å². The predicted molar refractivity (Wildman–Crippen MR) is 98.7 cm³/mol. The van der Waals surface area contributed by atoms with Gasteiger partial charge in [0.2, 0.25) is 17.7 Å². The lowest BCUT2D eigenvalue weighted by atomic mass is 10.1. The normalized spacial score (nSPS) is 16.2. The molecule has 0 aromatic rings. The highest BCUT2D eigenvalue weighted by Gasteiger charge is 2.29. The molecule has 0 radical (unpaired) electrons. The molecule has 5 atom stereocenters.